The number of rotatable bonds is 3. The van der Waals surface area contributed by atoms with Gasteiger partial charge in [0, 0.05) is 0 Å². The van der Waals surface area contributed by atoms with Gasteiger partial charge in [0.05, 0.1) is 24.1 Å². The van der Waals surface area contributed by atoms with Crippen LogP contribution >= 0.6 is 15.9 Å². The van der Waals surface area contributed by atoms with Gasteiger partial charge in [0.1, 0.15) is 6.61 Å². The third-order valence-corrected chi connectivity index (χ3v) is 3.43. The molecule has 5 heteroatoms. The Labute approximate surface area is 108 Å². The fourth-order valence-electron chi connectivity index (χ4n) is 1.58. The van der Waals surface area contributed by atoms with Crippen molar-refractivity contribution in [3.05, 3.63) is 35.9 Å². The van der Waals surface area contributed by atoms with Crippen molar-refractivity contribution in [2.45, 2.75) is 17.5 Å². The minimum atomic E-state index is -0.409. The smallest absolute Gasteiger partial charge is 0.407 e. The average molecular weight is 300 g/mol. The number of amides is 1. The molecule has 0 aliphatic carbocycles. The topological polar surface area (TPSA) is 47.6 Å². The van der Waals surface area contributed by atoms with Crippen molar-refractivity contribution in [3.63, 3.8) is 0 Å². The Morgan fingerprint density at radius 3 is 2.82 bits per heavy atom. The number of alkyl carbamates (subject to hydrolysis) is 1. The van der Waals surface area contributed by atoms with Crippen molar-refractivity contribution < 1.29 is 14.3 Å². The average Bonchev–Trinajstić information content (AvgIpc) is 2.74. The lowest BCUT2D eigenvalue weighted by Gasteiger charge is -2.14. The van der Waals surface area contributed by atoms with Gasteiger partial charge in [-0.2, -0.15) is 0 Å². The van der Waals surface area contributed by atoms with E-state index in [2.05, 4.69) is 21.2 Å². The minimum absolute atomic E-state index is 0.0155. The van der Waals surface area contributed by atoms with Gasteiger partial charge in [-0.15, -0.1) is 0 Å². The van der Waals surface area contributed by atoms with Crippen molar-refractivity contribution in [2.75, 3.05) is 13.2 Å². The molecule has 0 radical (unpaired) electrons. The summed E-state index contributed by atoms with van der Waals surface area (Å²) >= 11 is 3.43. The molecule has 1 aromatic carbocycles. The summed E-state index contributed by atoms with van der Waals surface area (Å²) in [6, 6.07) is 9.57. The molecule has 0 unspecified atom stereocenters. The molecule has 4 nitrogen and oxygen atoms in total. The molecular weight excluding hydrogens is 286 g/mol. The number of nitrogens with one attached hydrogen (secondary N) is 1. The third-order valence-electron chi connectivity index (χ3n) is 2.53. The summed E-state index contributed by atoms with van der Waals surface area (Å²) in [6.07, 6.45) is -0.409. The first-order valence-electron chi connectivity index (χ1n) is 5.45. The van der Waals surface area contributed by atoms with E-state index in [0.29, 0.717) is 13.2 Å². The van der Waals surface area contributed by atoms with E-state index in [0.717, 1.165) is 5.56 Å². The number of hydrogen-bond acceptors (Lipinski definition) is 3. The molecule has 1 N–H and O–H groups in total. The van der Waals surface area contributed by atoms with Gasteiger partial charge in [0.25, 0.3) is 0 Å². The highest BCUT2D eigenvalue weighted by Gasteiger charge is 2.27. The van der Waals surface area contributed by atoms with Crippen molar-refractivity contribution >= 4 is 22.0 Å². The van der Waals surface area contributed by atoms with Crippen LogP contribution in [-0.2, 0) is 16.1 Å². The zero-order valence-corrected chi connectivity index (χ0v) is 10.9. The van der Waals surface area contributed by atoms with E-state index in [1.54, 1.807) is 0 Å². The van der Waals surface area contributed by atoms with Gasteiger partial charge in [0.15, 0.2) is 0 Å². The summed E-state index contributed by atoms with van der Waals surface area (Å²) in [5.41, 5.74) is 0.973. The maximum absolute atomic E-state index is 11.5. The summed E-state index contributed by atoms with van der Waals surface area (Å²) < 4.78 is 10.3. The van der Waals surface area contributed by atoms with Crippen LogP contribution in [0.15, 0.2) is 30.3 Å². The van der Waals surface area contributed by atoms with Crippen LogP contribution < -0.4 is 5.32 Å². The second-order valence-electron chi connectivity index (χ2n) is 3.87. The predicted molar refractivity (Wildman–Crippen MR) is 67.1 cm³/mol. The van der Waals surface area contributed by atoms with Gasteiger partial charge in [0.2, 0.25) is 0 Å². The van der Waals surface area contributed by atoms with Gasteiger partial charge < -0.3 is 14.8 Å². The van der Waals surface area contributed by atoms with Gasteiger partial charge in [-0.3, -0.25) is 0 Å². The Morgan fingerprint density at radius 1 is 1.41 bits per heavy atom. The molecule has 1 aliphatic rings. The molecule has 1 fully saturated rings. The second kappa shape index (κ2) is 6.02. The number of ether oxygens (including phenoxy) is 2. The van der Waals surface area contributed by atoms with Crippen LogP contribution in [0, 0.1) is 0 Å². The number of benzene rings is 1. The predicted octanol–water partition coefficient (Wildman–Crippen LogP) is 2.08. The highest BCUT2D eigenvalue weighted by molar-refractivity contribution is 9.09. The van der Waals surface area contributed by atoms with Crippen LogP contribution in [0.25, 0.3) is 0 Å². The van der Waals surface area contributed by atoms with Gasteiger partial charge >= 0.3 is 6.09 Å². The highest BCUT2D eigenvalue weighted by atomic mass is 79.9. The molecule has 1 saturated heterocycles. The van der Waals surface area contributed by atoms with E-state index in [4.69, 9.17) is 9.47 Å². The van der Waals surface area contributed by atoms with Gasteiger partial charge in [-0.1, -0.05) is 46.3 Å². The molecule has 2 atom stereocenters. The molecular formula is C12H14BrNO3. The number of halogens is 1. The van der Waals surface area contributed by atoms with Gasteiger partial charge in [-0.05, 0) is 5.56 Å². The summed E-state index contributed by atoms with van der Waals surface area (Å²) in [7, 11) is 0. The molecule has 0 spiro atoms. The Kier molecular flexibility index (Phi) is 4.39. The Bertz CT molecular complexity index is 371. The van der Waals surface area contributed by atoms with Crippen molar-refractivity contribution in [1.29, 1.82) is 0 Å². The first-order chi connectivity index (χ1) is 8.25. The molecule has 1 aromatic rings. The zero-order chi connectivity index (χ0) is 12.1. The van der Waals surface area contributed by atoms with E-state index in [-0.39, 0.29) is 17.5 Å². The van der Waals surface area contributed by atoms with E-state index in [9.17, 15) is 4.79 Å². The monoisotopic (exact) mass is 299 g/mol. The van der Waals surface area contributed by atoms with Crippen molar-refractivity contribution in [3.8, 4) is 0 Å². The molecule has 1 heterocycles. The molecule has 1 amide bonds. The van der Waals surface area contributed by atoms with E-state index in [1.807, 2.05) is 30.3 Å². The number of hydrogen-bond donors (Lipinski definition) is 1. The van der Waals surface area contributed by atoms with Crippen molar-refractivity contribution in [1.82, 2.24) is 5.32 Å². The normalized spacial score (nSPS) is 23.4. The number of alkyl halides is 1. The van der Waals surface area contributed by atoms with Crippen LogP contribution in [0.5, 0.6) is 0 Å². The summed E-state index contributed by atoms with van der Waals surface area (Å²) in [6.45, 7) is 1.42. The fourth-order valence-corrected chi connectivity index (χ4v) is 2.05. The number of carbonyl (C=O) groups excluding carboxylic acids is 1. The van der Waals surface area contributed by atoms with Crippen LogP contribution in [0.2, 0.25) is 0 Å². The van der Waals surface area contributed by atoms with Crippen LogP contribution in [0.1, 0.15) is 5.56 Å². The molecule has 0 saturated carbocycles. The highest BCUT2D eigenvalue weighted by Crippen LogP contribution is 2.14. The summed E-state index contributed by atoms with van der Waals surface area (Å²) in [5.74, 6) is 0. The Hall–Kier alpha value is -1.07. The van der Waals surface area contributed by atoms with Crippen LogP contribution in [0.4, 0.5) is 4.79 Å². The largest absolute Gasteiger partial charge is 0.445 e. The lowest BCUT2D eigenvalue weighted by atomic mass is 10.2. The van der Waals surface area contributed by atoms with Gasteiger partial charge in [-0.25, -0.2) is 4.79 Å². The zero-order valence-electron chi connectivity index (χ0n) is 9.27. The van der Waals surface area contributed by atoms with Crippen molar-refractivity contribution in [2.24, 2.45) is 0 Å². The van der Waals surface area contributed by atoms with E-state index >= 15 is 0 Å². The standard InChI is InChI=1S/C12H14BrNO3/c13-10-7-16-8-11(10)14-12(15)17-6-9-4-2-1-3-5-9/h1-5,10-11H,6-8H2,(H,14,15)/t10-,11+/m0/s1. The molecule has 0 bridgehead atoms. The molecule has 92 valence electrons. The number of carbonyl (C=O) groups is 1. The van der Waals surface area contributed by atoms with Crippen LogP contribution in [0.3, 0.4) is 0 Å². The SMILES string of the molecule is O=C(N[C@@H]1COC[C@@H]1Br)OCc1ccccc1. The molecule has 0 aromatic heterocycles. The summed E-state index contributed by atoms with van der Waals surface area (Å²) in [4.78, 5) is 11.7. The molecule has 2 rings (SSSR count). The first-order valence-corrected chi connectivity index (χ1v) is 6.36. The third kappa shape index (κ3) is 3.71. The van der Waals surface area contributed by atoms with E-state index in [1.165, 1.54) is 0 Å². The summed E-state index contributed by atoms with van der Waals surface area (Å²) in [5, 5.41) is 2.77. The lowest BCUT2D eigenvalue weighted by molar-refractivity contribution is 0.132. The molecule has 17 heavy (non-hydrogen) atoms. The maximum atomic E-state index is 11.5. The minimum Gasteiger partial charge on any atom is -0.445 e. The second-order valence-corrected chi connectivity index (χ2v) is 5.04. The first kappa shape index (κ1) is 12.4. The van der Waals surface area contributed by atoms with E-state index < -0.39 is 6.09 Å². The maximum Gasteiger partial charge on any atom is 0.407 e. The van der Waals surface area contributed by atoms with Crippen LogP contribution in [-0.4, -0.2) is 30.2 Å². The fraction of sp³-hybridized carbons (Fsp3) is 0.417. The Morgan fingerprint density at radius 2 is 2.18 bits per heavy atom. The molecule has 1 aliphatic heterocycles. The lowest BCUT2D eigenvalue weighted by Crippen LogP contribution is -2.40. The Balaban J connectivity index is 1.74. The quantitative estimate of drug-likeness (QED) is 0.869.